The summed E-state index contributed by atoms with van der Waals surface area (Å²) in [5.41, 5.74) is 2.47. The van der Waals surface area contributed by atoms with E-state index in [9.17, 15) is 9.90 Å². The number of hydrogen-bond acceptors (Lipinski definition) is 3. The molecule has 2 aromatic carbocycles. The Labute approximate surface area is 187 Å². The third-order valence-corrected chi connectivity index (χ3v) is 6.89. The SMILES string of the molecule is CCn1cc(-n2c(C3CC3)c(Sc3cccc(C(=O)O)c3)c3ccc(Cl)c(F)c32)cn1. The van der Waals surface area contributed by atoms with Crippen LogP contribution >= 0.6 is 23.4 Å². The Bertz CT molecular complexity index is 1330. The van der Waals surface area contributed by atoms with E-state index in [0.717, 1.165) is 39.4 Å². The van der Waals surface area contributed by atoms with Crippen LogP contribution in [0.4, 0.5) is 4.39 Å². The van der Waals surface area contributed by atoms with Gasteiger partial charge in [-0.15, -0.1) is 0 Å². The zero-order chi connectivity index (χ0) is 21.7. The van der Waals surface area contributed by atoms with Gasteiger partial charge in [0.25, 0.3) is 0 Å². The molecule has 2 heterocycles. The molecule has 158 valence electrons. The third-order valence-electron chi connectivity index (χ3n) is 5.48. The molecule has 0 unspecified atom stereocenters. The first-order valence-corrected chi connectivity index (χ1v) is 11.2. The van der Waals surface area contributed by atoms with Crippen LogP contribution < -0.4 is 0 Å². The molecule has 0 spiro atoms. The standard InChI is InChI=1S/C23H19ClFN3O2S/c1-2-27-12-15(11-26-27)28-20(13-6-7-13)22(17-8-9-18(24)19(25)21(17)28)31-16-5-3-4-14(10-16)23(29)30/h3-5,8-13H,2,6-7H2,1H3,(H,29,30). The number of carboxylic acid groups (broad SMARTS) is 1. The van der Waals surface area contributed by atoms with Crippen LogP contribution in [0.1, 0.15) is 41.7 Å². The first-order valence-electron chi connectivity index (χ1n) is 10.0. The highest BCUT2D eigenvalue weighted by Gasteiger charge is 2.34. The average molecular weight is 456 g/mol. The molecule has 0 radical (unpaired) electrons. The van der Waals surface area contributed by atoms with E-state index in [1.807, 2.05) is 34.5 Å². The molecular formula is C23H19ClFN3O2S. The summed E-state index contributed by atoms with van der Waals surface area (Å²) in [6.45, 7) is 2.71. The lowest BCUT2D eigenvalue weighted by Gasteiger charge is -2.10. The van der Waals surface area contributed by atoms with Crippen LogP contribution in [-0.2, 0) is 6.54 Å². The first-order chi connectivity index (χ1) is 15.0. The quantitative estimate of drug-likeness (QED) is 0.367. The molecule has 8 heteroatoms. The minimum Gasteiger partial charge on any atom is -0.478 e. The monoisotopic (exact) mass is 455 g/mol. The van der Waals surface area contributed by atoms with Crippen LogP contribution in [0.5, 0.6) is 0 Å². The Morgan fingerprint density at radius 1 is 1.32 bits per heavy atom. The summed E-state index contributed by atoms with van der Waals surface area (Å²) in [7, 11) is 0. The fraction of sp³-hybridized carbons (Fsp3) is 0.217. The van der Waals surface area contributed by atoms with Gasteiger partial charge in [0.05, 0.1) is 28.0 Å². The average Bonchev–Trinajstić information content (AvgIpc) is 3.40. The van der Waals surface area contributed by atoms with Gasteiger partial charge in [-0.25, -0.2) is 9.18 Å². The van der Waals surface area contributed by atoms with Gasteiger partial charge >= 0.3 is 5.97 Å². The maximum absolute atomic E-state index is 15.4. The van der Waals surface area contributed by atoms with Crippen LogP contribution in [-0.4, -0.2) is 25.4 Å². The van der Waals surface area contributed by atoms with E-state index in [1.165, 1.54) is 11.8 Å². The Morgan fingerprint density at radius 3 is 2.81 bits per heavy atom. The van der Waals surface area contributed by atoms with Gasteiger partial charge in [0.15, 0.2) is 5.82 Å². The van der Waals surface area contributed by atoms with Crippen LogP contribution in [0.3, 0.4) is 0 Å². The summed E-state index contributed by atoms with van der Waals surface area (Å²) in [5.74, 6) is -1.13. The molecule has 1 aliphatic rings. The molecule has 5 rings (SSSR count). The predicted molar refractivity (Wildman–Crippen MR) is 119 cm³/mol. The summed E-state index contributed by atoms with van der Waals surface area (Å²) < 4.78 is 19.1. The zero-order valence-corrected chi connectivity index (χ0v) is 18.3. The normalized spacial score (nSPS) is 13.8. The van der Waals surface area contributed by atoms with Crippen molar-refractivity contribution in [1.29, 1.82) is 0 Å². The molecule has 4 aromatic rings. The number of carboxylic acids is 1. The number of aryl methyl sites for hydroxylation is 1. The van der Waals surface area contributed by atoms with Crippen LogP contribution in [0.25, 0.3) is 16.6 Å². The van der Waals surface area contributed by atoms with Crippen molar-refractivity contribution in [2.75, 3.05) is 0 Å². The molecule has 2 aromatic heterocycles. The number of nitrogens with zero attached hydrogens (tertiary/aromatic N) is 3. The lowest BCUT2D eigenvalue weighted by molar-refractivity contribution is 0.0696. The molecule has 5 nitrogen and oxygen atoms in total. The maximum Gasteiger partial charge on any atom is 0.335 e. The molecule has 1 N–H and O–H groups in total. The number of fused-ring (bicyclic) bond motifs is 1. The molecule has 0 bridgehead atoms. The van der Waals surface area contributed by atoms with E-state index in [-0.39, 0.29) is 10.6 Å². The van der Waals surface area contributed by atoms with Crippen molar-refractivity contribution in [2.45, 2.75) is 42.0 Å². The number of hydrogen-bond donors (Lipinski definition) is 1. The summed E-state index contributed by atoms with van der Waals surface area (Å²) >= 11 is 7.64. The van der Waals surface area contributed by atoms with Gasteiger partial charge in [0, 0.05) is 39.5 Å². The number of rotatable bonds is 6. The van der Waals surface area contributed by atoms with Crippen LogP contribution in [0, 0.1) is 5.82 Å². The number of aromatic nitrogens is 3. The fourth-order valence-corrected chi connectivity index (χ4v) is 5.21. The Kier molecular flexibility index (Phi) is 5.02. The van der Waals surface area contributed by atoms with E-state index < -0.39 is 11.8 Å². The second-order valence-electron chi connectivity index (χ2n) is 7.57. The summed E-state index contributed by atoms with van der Waals surface area (Å²) in [5, 5.41) is 14.6. The van der Waals surface area contributed by atoms with Gasteiger partial charge in [-0.2, -0.15) is 5.10 Å². The number of aromatic carboxylic acids is 1. The Hall–Kier alpha value is -2.77. The smallest absolute Gasteiger partial charge is 0.335 e. The van der Waals surface area contributed by atoms with E-state index in [2.05, 4.69) is 5.10 Å². The van der Waals surface area contributed by atoms with Gasteiger partial charge in [-0.1, -0.05) is 29.4 Å². The number of halogens is 2. The topological polar surface area (TPSA) is 60.0 Å². The van der Waals surface area contributed by atoms with Crippen molar-refractivity contribution < 1.29 is 14.3 Å². The largest absolute Gasteiger partial charge is 0.478 e. The summed E-state index contributed by atoms with van der Waals surface area (Å²) in [6.07, 6.45) is 5.70. The number of benzene rings is 2. The number of carbonyl (C=O) groups is 1. The van der Waals surface area contributed by atoms with Gasteiger partial charge < -0.3 is 9.67 Å². The highest BCUT2D eigenvalue weighted by atomic mass is 35.5. The molecular weight excluding hydrogens is 437 g/mol. The van der Waals surface area contributed by atoms with E-state index in [0.29, 0.717) is 18.0 Å². The lowest BCUT2D eigenvalue weighted by Crippen LogP contribution is -2.00. The minimum absolute atomic E-state index is 0.0703. The maximum atomic E-state index is 15.4. The van der Waals surface area contributed by atoms with E-state index in [4.69, 9.17) is 11.6 Å². The van der Waals surface area contributed by atoms with Crippen molar-refractivity contribution in [1.82, 2.24) is 14.3 Å². The van der Waals surface area contributed by atoms with Gasteiger partial charge in [0.1, 0.15) is 0 Å². The summed E-state index contributed by atoms with van der Waals surface area (Å²) in [4.78, 5) is 13.1. The fourth-order valence-electron chi connectivity index (χ4n) is 3.85. The van der Waals surface area contributed by atoms with Crippen molar-refractivity contribution >= 4 is 40.2 Å². The van der Waals surface area contributed by atoms with Gasteiger partial charge in [-0.05, 0) is 50.1 Å². The molecule has 31 heavy (non-hydrogen) atoms. The van der Waals surface area contributed by atoms with Crippen molar-refractivity contribution in [2.24, 2.45) is 0 Å². The van der Waals surface area contributed by atoms with Crippen molar-refractivity contribution in [3.05, 3.63) is 70.9 Å². The predicted octanol–water partition coefficient (Wildman–Crippen LogP) is 6.37. The Balaban J connectivity index is 1.77. The highest BCUT2D eigenvalue weighted by Crippen LogP contribution is 2.51. The molecule has 0 aliphatic heterocycles. The minimum atomic E-state index is -0.975. The highest BCUT2D eigenvalue weighted by molar-refractivity contribution is 7.99. The van der Waals surface area contributed by atoms with E-state index >= 15 is 4.39 Å². The molecule has 0 atom stereocenters. The first kappa shape index (κ1) is 20.2. The second-order valence-corrected chi connectivity index (χ2v) is 9.06. The molecule has 1 aliphatic carbocycles. The lowest BCUT2D eigenvalue weighted by atomic mass is 10.2. The van der Waals surface area contributed by atoms with Crippen LogP contribution in [0.15, 0.2) is 58.6 Å². The van der Waals surface area contributed by atoms with Gasteiger partial charge in [-0.3, -0.25) is 4.68 Å². The molecule has 0 saturated heterocycles. The van der Waals surface area contributed by atoms with Crippen molar-refractivity contribution in [3.63, 3.8) is 0 Å². The summed E-state index contributed by atoms with van der Waals surface area (Å²) in [6, 6.07) is 10.2. The zero-order valence-electron chi connectivity index (χ0n) is 16.7. The molecule has 0 amide bonds. The second kappa shape index (κ2) is 7.73. The van der Waals surface area contributed by atoms with Gasteiger partial charge in [0.2, 0.25) is 0 Å². The van der Waals surface area contributed by atoms with Crippen molar-refractivity contribution in [3.8, 4) is 5.69 Å². The Morgan fingerprint density at radius 2 is 2.13 bits per heavy atom. The molecule has 1 fully saturated rings. The van der Waals surface area contributed by atoms with E-state index in [1.54, 1.807) is 30.5 Å². The van der Waals surface area contributed by atoms with Crippen LogP contribution in [0.2, 0.25) is 5.02 Å². The third kappa shape index (κ3) is 3.51. The molecule has 1 saturated carbocycles.